The molecular weight excluding hydrogens is 386 g/mol. The second-order valence-electron chi connectivity index (χ2n) is 5.77. The number of aromatic amines is 1. The van der Waals surface area contributed by atoms with E-state index in [2.05, 4.69) is 15.3 Å². The number of methoxy groups -OCH3 is 2. The van der Waals surface area contributed by atoms with Crippen molar-refractivity contribution in [3.8, 4) is 11.5 Å². The van der Waals surface area contributed by atoms with Gasteiger partial charge in [0.2, 0.25) is 5.91 Å². The lowest BCUT2D eigenvalue weighted by Gasteiger charge is -2.13. The lowest BCUT2D eigenvalue weighted by Crippen LogP contribution is -2.23. The lowest BCUT2D eigenvalue weighted by atomic mass is 10.2. The zero-order valence-electron chi connectivity index (χ0n) is 15.3. The quantitative estimate of drug-likeness (QED) is 0.482. The largest absolute Gasteiger partial charge is 0.493 e. The maximum Gasteiger partial charge on any atom is 0.260 e. The van der Waals surface area contributed by atoms with Crippen LogP contribution in [0.4, 0.5) is 5.69 Å². The molecule has 0 saturated heterocycles. The topological polar surface area (TPSA) is 93.3 Å². The van der Waals surface area contributed by atoms with Gasteiger partial charge in [-0.15, -0.1) is 11.3 Å². The van der Waals surface area contributed by atoms with Gasteiger partial charge in [-0.3, -0.25) is 9.59 Å². The number of hydrogen-bond acceptors (Lipinski definition) is 7. The second-order valence-corrected chi connectivity index (χ2v) is 8.33. The van der Waals surface area contributed by atoms with Gasteiger partial charge in [0.15, 0.2) is 16.7 Å². The Balaban J connectivity index is 1.73. The fourth-order valence-electron chi connectivity index (χ4n) is 2.47. The van der Waals surface area contributed by atoms with Crippen molar-refractivity contribution in [2.75, 3.05) is 19.5 Å². The predicted octanol–water partition coefficient (Wildman–Crippen LogP) is 3.43. The van der Waals surface area contributed by atoms with Gasteiger partial charge in [-0.1, -0.05) is 11.8 Å². The molecule has 142 valence electrons. The summed E-state index contributed by atoms with van der Waals surface area (Å²) in [7, 11) is 3.08. The van der Waals surface area contributed by atoms with E-state index in [1.165, 1.54) is 30.2 Å². The summed E-state index contributed by atoms with van der Waals surface area (Å²) in [6.45, 7) is 3.68. The smallest absolute Gasteiger partial charge is 0.260 e. The average Bonchev–Trinajstić information content (AvgIpc) is 3.02. The van der Waals surface area contributed by atoms with Crippen molar-refractivity contribution in [2.24, 2.45) is 0 Å². The number of hydrogen-bond donors (Lipinski definition) is 2. The molecular formula is C18H19N3O4S2. The normalized spacial score (nSPS) is 12.0. The molecule has 0 aliphatic carbocycles. The van der Waals surface area contributed by atoms with E-state index in [0.29, 0.717) is 32.6 Å². The van der Waals surface area contributed by atoms with Crippen LogP contribution in [0, 0.1) is 6.92 Å². The summed E-state index contributed by atoms with van der Waals surface area (Å²) >= 11 is 2.65. The maximum atomic E-state index is 12.5. The van der Waals surface area contributed by atoms with Crippen molar-refractivity contribution in [1.82, 2.24) is 9.97 Å². The highest BCUT2D eigenvalue weighted by molar-refractivity contribution is 8.00. The number of nitrogens with zero attached hydrogens (tertiary/aromatic N) is 1. The fourth-order valence-corrected chi connectivity index (χ4v) is 4.20. The number of carbonyl (C=O) groups excluding carboxylic acids is 1. The van der Waals surface area contributed by atoms with Crippen molar-refractivity contribution in [1.29, 1.82) is 0 Å². The maximum absolute atomic E-state index is 12.5. The van der Waals surface area contributed by atoms with Gasteiger partial charge in [0.25, 0.3) is 5.56 Å². The van der Waals surface area contributed by atoms with E-state index in [1.54, 1.807) is 32.2 Å². The van der Waals surface area contributed by atoms with Gasteiger partial charge < -0.3 is 19.8 Å². The highest BCUT2D eigenvalue weighted by Crippen LogP contribution is 2.30. The molecule has 2 heterocycles. The summed E-state index contributed by atoms with van der Waals surface area (Å²) in [6, 6.07) is 6.96. The first kappa shape index (κ1) is 19.2. The number of anilines is 1. The highest BCUT2D eigenvalue weighted by Gasteiger charge is 2.18. The molecule has 0 fully saturated rings. The van der Waals surface area contributed by atoms with E-state index in [-0.39, 0.29) is 11.5 Å². The molecule has 2 aromatic heterocycles. The van der Waals surface area contributed by atoms with Crippen LogP contribution in [0.5, 0.6) is 11.5 Å². The zero-order chi connectivity index (χ0) is 19.6. The Morgan fingerprint density at radius 2 is 2.00 bits per heavy atom. The third-order valence-corrected chi connectivity index (χ3v) is 5.74. The van der Waals surface area contributed by atoms with E-state index in [0.717, 1.165) is 4.88 Å². The van der Waals surface area contributed by atoms with Crippen molar-refractivity contribution in [2.45, 2.75) is 24.3 Å². The standard InChI is InChI=1S/C18H19N3O4S2/c1-9-7-12-16(23)20-18(21-17(12)26-9)27-10(2)15(22)19-11-5-6-13(24-3)14(8-11)25-4/h5-8,10H,1-4H3,(H,19,22)(H,20,21,23). The molecule has 1 atom stereocenters. The summed E-state index contributed by atoms with van der Waals surface area (Å²) in [6.07, 6.45) is 0. The Labute approximate surface area is 164 Å². The number of rotatable bonds is 6. The number of thioether (sulfide) groups is 1. The van der Waals surface area contributed by atoms with Gasteiger partial charge in [-0.25, -0.2) is 4.98 Å². The molecule has 0 bridgehead atoms. The molecule has 0 spiro atoms. The molecule has 1 aromatic carbocycles. The molecule has 7 nitrogen and oxygen atoms in total. The highest BCUT2D eigenvalue weighted by atomic mass is 32.2. The number of amides is 1. The predicted molar refractivity (Wildman–Crippen MR) is 108 cm³/mol. The Bertz CT molecular complexity index is 1040. The number of carbonyl (C=O) groups is 1. The number of benzene rings is 1. The van der Waals surface area contributed by atoms with Crippen LogP contribution in [0.2, 0.25) is 0 Å². The number of fused-ring (bicyclic) bond motifs is 1. The summed E-state index contributed by atoms with van der Waals surface area (Å²) in [5.41, 5.74) is 0.398. The molecule has 1 unspecified atom stereocenters. The van der Waals surface area contributed by atoms with E-state index >= 15 is 0 Å². The molecule has 27 heavy (non-hydrogen) atoms. The van der Waals surface area contributed by atoms with Gasteiger partial charge >= 0.3 is 0 Å². The Hall–Kier alpha value is -2.52. The number of H-pyrrole nitrogens is 1. The van der Waals surface area contributed by atoms with E-state index in [4.69, 9.17) is 9.47 Å². The molecule has 9 heteroatoms. The van der Waals surface area contributed by atoms with Crippen LogP contribution in [0.15, 0.2) is 34.2 Å². The molecule has 0 aliphatic rings. The summed E-state index contributed by atoms with van der Waals surface area (Å²) in [5.74, 6) is 0.900. The van der Waals surface area contributed by atoms with Crippen molar-refractivity contribution in [3.05, 3.63) is 39.5 Å². The first-order valence-corrected chi connectivity index (χ1v) is 9.81. The van der Waals surface area contributed by atoms with Gasteiger partial charge in [0.1, 0.15) is 4.83 Å². The van der Waals surface area contributed by atoms with Crippen LogP contribution < -0.4 is 20.3 Å². The Morgan fingerprint density at radius 3 is 2.70 bits per heavy atom. The van der Waals surface area contributed by atoms with Crippen LogP contribution in [0.1, 0.15) is 11.8 Å². The first-order valence-electron chi connectivity index (χ1n) is 8.11. The summed E-state index contributed by atoms with van der Waals surface area (Å²) in [4.78, 5) is 33.5. The van der Waals surface area contributed by atoms with E-state index in [1.807, 2.05) is 13.0 Å². The molecule has 2 N–H and O–H groups in total. The molecule has 3 aromatic rings. The second kappa shape index (κ2) is 8.01. The van der Waals surface area contributed by atoms with Crippen molar-refractivity contribution in [3.63, 3.8) is 0 Å². The Kier molecular flexibility index (Phi) is 5.71. The molecule has 0 aliphatic heterocycles. The number of aryl methyl sites for hydroxylation is 1. The van der Waals surface area contributed by atoms with Gasteiger partial charge in [0, 0.05) is 16.6 Å². The first-order chi connectivity index (χ1) is 12.9. The van der Waals surface area contributed by atoms with Gasteiger partial charge in [-0.2, -0.15) is 0 Å². The number of ether oxygens (including phenoxy) is 2. The third kappa shape index (κ3) is 4.25. The summed E-state index contributed by atoms with van der Waals surface area (Å²) < 4.78 is 10.4. The fraction of sp³-hybridized carbons (Fsp3) is 0.278. The van der Waals surface area contributed by atoms with Crippen LogP contribution in [-0.2, 0) is 4.79 Å². The number of thiophene rings is 1. The average molecular weight is 406 g/mol. The van der Waals surface area contributed by atoms with Crippen molar-refractivity contribution < 1.29 is 14.3 Å². The van der Waals surface area contributed by atoms with Gasteiger partial charge in [-0.05, 0) is 32.0 Å². The molecule has 0 saturated carbocycles. The number of aromatic nitrogens is 2. The molecule has 3 rings (SSSR count). The SMILES string of the molecule is COc1ccc(NC(=O)C(C)Sc2nc3sc(C)cc3c(=O)[nH]2)cc1OC. The molecule has 1 amide bonds. The monoisotopic (exact) mass is 405 g/mol. The van der Waals surface area contributed by atoms with E-state index in [9.17, 15) is 9.59 Å². The minimum absolute atomic E-state index is 0.195. The Morgan fingerprint density at radius 1 is 1.26 bits per heavy atom. The van der Waals surface area contributed by atoms with Crippen LogP contribution >= 0.6 is 23.1 Å². The molecule has 0 radical (unpaired) electrons. The lowest BCUT2D eigenvalue weighted by molar-refractivity contribution is -0.115. The van der Waals surface area contributed by atoms with Crippen molar-refractivity contribution >= 4 is 44.9 Å². The van der Waals surface area contributed by atoms with Crippen LogP contribution in [-0.4, -0.2) is 35.3 Å². The zero-order valence-corrected chi connectivity index (χ0v) is 16.9. The summed E-state index contributed by atoms with van der Waals surface area (Å²) in [5, 5.41) is 3.37. The third-order valence-electron chi connectivity index (χ3n) is 3.81. The van der Waals surface area contributed by atoms with Crippen LogP contribution in [0.3, 0.4) is 0 Å². The van der Waals surface area contributed by atoms with Gasteiger partial charge in [0.05, 0.1) is 24.9 Å². The number of nitrogens with one attached hydrogen (secondary N) is 2. The van der Waals surface area contributed by atoms with Crippen LogP contribution in [0.25, 0.3) is 10.2 Å². The minimum Gasteiger partial charge on any atom is -0.493 e. The van der Waals surface area contributed by atoms with E-state index < -0.39 is 5.25 Å². The minimum atomic E-state index is -0.459.